The molecule has 2 unspecified atom stereocenters. The van der Waals surface area contributed by atoms with Crippen molar-refractivity contribution in [2.45, 2.75) is 283 Å². The summed E-state index contributed by atoms with van der Waals surface area (Å²) >= 11 is 0. The number of nitrogens with one attached hydrogen (secondary N) is 1. The first-order chi connectivity index (χ1) is 25.7. The Morgan fingerprint density at radius 2 is 0.712 bits per heavy atom. The minimum Gasteiger partial charge on any atom is -0.394 e. The van der Waals surface area contributed by atoms with E-state index in [1.54, 1.807) is 6.08 Å². The van der Waals surface area contributed by atoms with Crippen molar-refractivity contribution in [3.05, 3.63) is 12.2 Å². The molecular weight excluding hydrogens is 639 g/mol. The molecule has 0 bridgehead atoms. The molecule has 0 heterocycles. The van der Waals surface area contributed by atoms with Gasteiger partial charge in [-0.2, -0.15) is 0 Å². The number of hydrogen-bond donors (Lipinski definition) is 3. The molecule has 0 aliphatic heterocycles. The molecule has 4 heteroatoms. The van der Waals surface area contributed by atoms with Gasteiger partial charge in [0, 0.05) is 6.42 Å². The molecule has 52 heavy (non-hydrogen) atoms. The van der Waals surface area contributed by atoms with Gasteiger partial charge in [-0.15, -0.1) is 0 Å². The maximum Gasteiger partial charge on any atom is 0.220 e. The molecule has 1 amide bonds. The third-order valence-electron chi connectivity index (χ3n) is 11.3. The van der Waals surface area contributed by atoms with E-state index in [-0.39, 0.29) is 12.5 Å². The highest BCUT2D eigenvalue weighted by atomic mass is 16.3. The van der Waals surface area contributed by atoms with E-state index in [4.69, 9.17) is 0 Å². The molecule has 0 rings (SSSR count). The number of carbonyl (C=O) groups excluding carboxylic acids is 1. The Morgan fingerprint density at radius 3 is 1.00 bits per heavy atom. The van der Waals surface area contributed by atoms with Gasteiger partial charge in [-0.05, 0) is 19.3 Å². The molecule has 4 nitrogen and oxygen atoms in total. The molecule has 0 aliphatic rings. The molecule has 310 valence electrons. The molecule has 0 aromatic carbocycles. The Kier molecular flexibility index (Phi) is 43.8. The van der Waals surface area contributed by atoms with Gasteiger partial charge in [-0.25, -0.2) is 0 Å². The van der Waals surface area contributed by atoms with Gasteiger partial charge in [0.25, 0.3) is 0 Å². The lowest BCUT2D eigenvalue weighted by Gasteiger charge is -2.20. The summed E-state index contributed by atoms with van der Waals surface area (Å²) in [7, 11) is 0. The first kappa shape index (κ1) is 51.1. The zero-order chi connectivity index (χ0) is 37.8. The second kappa shape index (κ2) is 44.5. The molecule has 0 saturated heterocycles. The number of carbonyl (C=O) groups is 1. The van der Waals surface area contributed by atoms with Gasteiger partial charge in [-0.3, -0.25) is 4.79 Å². The maximum absolute atomic E-state index is 12.4. The summed E-state index contributed by atoms with van der Waals surface area (Å²) in [5.41, 5.74) is 0. The normalized spacial score (nSPS) is 12.9. The molecular formula is C48H95NO3. The monoisotopic (exact) mass is 734 g/mol. The summed E-state index contributed by atoms with van der Waals surface area (Å²) in [4.78, 5) is 12.4. The lowest BCUT2D eigenvalue weighted by atomic mass is 10.0. The number of amides is 1. The molecule has 2 atom stereocenters. The van der Waals surface area contributed by atoms with E-state index in [9.17, 15) is 15.0 Å². The van der Waals surface area contributed by atoms with Crippen molar-refractivity contribution in [2.24, 2.45) is 0 Å². The van der Waals surface area contributed by atoms with Crippen LogP contribution in [0.3, 0.4) is 0 Å². The molecule has 0 aliphatic carbocycles. The van der Waals surface area contributed by atoms with Crippen molar-refractivity contribution in [3.8, 4) is 0 Å². The molecule has 0 aromatic heterocycles. The minimum absolute atomic E-state index is 0.0583. The molecule has 3 N–H and O–H groups in total. The van der Waals surface area contributed by atoms with Crippen LogP contribution in [0.4, 0.5) is 0 Å². The molecule has 0 fully saturated rings. The first-order valence-corrected chi connectivity index (χ1v) is 23.9. The zero-order valence-electron chi connectivity index (χ0n) is 35.6. The van der Waals surface area contributed by atoms with Crippen LogP contribution >= 0.6 is 0 Å². The van der Waals surface area contributed by atoms with E-state index in [2.05, 4.69) is 19.2 Å². The van der Waals surface area contributed by atoms with E-state index in [0.29, 0.717) is 6.42 Å². The lowest BCUT2D eigenvalue weighted by Crippen LogP contribution is -2.45. The lowest BCUT2D eigenvalue weighted by molar-refractivity contribution is -0.123. The molecule has 0 aromatic rings. The summed E-state index contributed by atoms with van der Waals surface area (Å²) in [5.74, 6) is -0.0583. The van der Waals surface area contributed by atoms with E-state index in [1.807, 2.05) is 6.08 Å². The van der Waals surface area contributed by atoms with Crippen LogP contribution in [0, 0.1) is 0 Å². The van der Waals surface area contributed by atoms with Crippen molar-refractivity contribution >= 4 is 5.91 Å². The molecule has 0 spiro atoms. The Bertz CT molecular complexity index is 710. The van der Waals surface area contributed by atoms with Crippen LogP contribution in [-0.4, -0.2) is 34.9 Å². The summed E-state index contributed by atoms with van der Waals surface area (Å²) in [6.07, 6.45) is 56.2. The smallest absolute Gasteiger partial charge is 0.220 e. The van der Waals surface area contributed by atoms with Gasteiger partial charge in [0.2, 0.25) is 5.91 Å². The maximum atomic E-state index is 12.4. The topological polar surface area (TPSA) is 69.6 Å². The summed E-state index contributed by atoms with van der Waals surface area (Å²) in [6.45, 7) is 4.33. The van der Waals surface area contributed by atoms with Crippen molar-refractivity contribution in [1.82, 2.24) is 5.32 Å². The fraction of sp³-hybridized carbons (Fsp3) is 0.938. The van der Waals surface area contributed by atoms with Crippen LogP contribution in [0.2, 0.25) is 0 Å². The average molecular weight is 734 g/mol. The highest BCUT2D eigenvalue weighted by Crippen LogP contribution is 2.17. The largest absolute Gasteiger partial charge is 0.394 e. The summed E-state index contributed by atoms with van der Waals surface area (Å²) in [5, 5.41) is 23.0. The fourth-order valence-corrected chi connectivity index (χ4v) is 7.59. The SMILES string of the molecule is CCCCCCCCCCCCCCC/C=C/C(O)C(CO)NC(=O)CCCCCCCCCCCCCCCCCCCCCCCCCCC. The van der Waals surface area contributed by atoms with Crippen LogP contribution in [-0.2, 0) is 4.79 Å². The van der Waals surface area contributed by atoms with Gasteiger partial charge < -0.3 is 15.5 Å². The Morgan fingerprint density at radius 1 is 0.442 bits per heavy atom. The number of aliphatic hydroxyl groups is 2. The number of unbranched alkanes of at least 4 members (excludes halogenated alkanes) is 37. The molecule has 0 saturated carbocycles. The number of aliphatic hydroxyl groups excluding tert-OH is 2. The van der Waals surface area contributed by atoms with Crippen molar-refractivity contribution in [3.63, 3.8) is 0 Å². The fourth-order valence-electron chi connectivity index (χ4n) is 7.59. The predicted molar refractivity (Wildman–Crippen MR) is 230 cm³/mol. The number of rotatable bonds is 44. The standard InChI is InChI=1S/C48H95NO3/c1-3-5-7-9-11-13-15-17-19-20-21-22-23-24-25-26-27-28-30-32-34-36-38-40-42-44-48(52)49-46(45-50)47(51)43-41-39-37-35-33-31-29-18-16-14-12-10-8-6-4-2/h41,43,46-47,50-51H,3-40,42,44-45H2,1-2H3,(H,49,52)/b43-41+. The van der Waals surface area contributed by atoms with Crippen LogP contribution in [0.25, 0.3) is 0 Å². The first-order valence-electron chi connectivity index (χ1n) is 23.9. The van der Waals surface area contributed by atoms with Crippen LogP contribution in [0.5, 0.6) is 0 Å². The third kappa shape index (κ3) is 40.3. The minimum atomic E-state index is -0.833. The third-order valence-corrected chi connectivity index (χ3v) is 11.3. The number of hydrogen-bond acceptors (Lipinski definition) is 3. The second-order valence-corrected chi connectivity index (χ2v) is 16.5. The van der Waals surface area contributed by atoms with Crippen molar-refractivity contribution < 1.29 is 15.0 Å². The second-order valence-electron chi connectivity index (χ2n) is 16.5. The van der Waals surface area contributed by atoms with Gasteiger partial charge in [0.15, 0.2) is 0 Å². The Balaban J connectivity index is 3.46. The highest BCUT2D eigenvalue weighted by molar-refractivity contribution is 5.76. The molecule has 0 radical (unpaired) electrons. The van der Waals surface area contributed by atoms with Crippen LogP contribution < -0.4 is 5.32 Å². The summed E-state index contributed by atoms with van der Waals surface area (Å²) in [6, 6.07) is -0.616. The van der Waals surface area contributed by atoms with Gasteiger partial charge in [0.05, 0.1) is 18.8 Å². The predicted octanol–water partition coefficient (Wildman–Crippen LogP) is 15.0. The Hall–Kier alpha value is -0.870. The van der Waals surface area contributed by atoms with E-state index in [0.717, 1.165) is 25.7 Å². The Labute approximate surface area is 327 Å². The number of allylic oxidation sites excluding steroid dienone is 1. The van der Waals surface area contributed by atoms with Gasteiger partial charge in [-0.1, -0.05) is 257 Å². The quantitative estimate of drug-likeness (QED) is 0.0431. The van der Waals surface area contributed by atoms with E-state index in [1.165, 1.54) is 225 Å². The van der Waals surface area contributed by atoms with Gasteiger partial charge in [0.1, 0.15) is 0 Å². The van der Waals surface area contributed by atoms with Crippen LogP contribution in [0.1, 0.15) is 271 Å². The van der Waals surface area contributed by atoms with Crippen molar-refractivity contribution in [1.29, 1.82) is 0 Å². The highest BCUT2D eigenvalue weighted by Gasteiger charge is 2.18. The van der Waals surface area contributed by atoms with Crippen LogP contribution in [0.15, 0.2) is 12.2 Å². The zero-order valence-corrected chi connectivity index (χ0v) is 35.6. The average Bonchev–Trinajstić information content (AvgIpc) is 3.15. The van der Waals surface area contributed by atoms with Crippen molar-refractivity contribution in [2.75, 3.05) is 6.61 Å². The van der Waals surface area contributed by atoms with E-state index < -0.39 is 12.1 Å². The van der Waals surface area contributed by atoms with E-state index >= 15 is 0 Å². The van der Waals surface area contributed by atoms with Gasteiger partial charge >= 0.3 is 0 Å². The summed E-state index contributed by atoms with van der Waals surface area (Å²) < 4.78 is 0.